The first kappa shape index (κ1) is 19.9. The number of allylic oxidation sites excluding steroid dienone is 2. The average Bonchev–Trinajstić information content (AvgIpc) is 2.77. The Hall–Kier alpha value is -3.36. The van der Waals surface area contributed by atoms with Crippen molar-refractivity contribution in [2.45, 2.75) is 18.1 Å². The van der Waals surface area contributed by atoms with Gasteiger partial charge in [0, 0.05) is 14.2 Å². The van der Waals surface area contributed by atoms with Gasteiger partial charge in [-0.1, -0.05) is 24.3 Å². The molecule has 1 aromatic heterocycles. The Bertz CT molecular complexity index is 1160. The second-order valence-electron chi connectivity index (χ2n) is 6.86. The number of esters is 1. The molecule has 2 N–H and O–H groups in total. The van der Waals surface area contributed by atoms with Gasteiger partial charge in [0.15, 0.2) is 5.75 Å². The van der Waals surface area contributed by atoms with E-state index in [1.165, 1.54) is 7.11 Å². The molecule has 0 fully saturated rings. The van der Waals surface area contributed by atoms with Crippen LogP contribution in [-0.4, -0.2) is 39.5 Å². The predicted octanol–water partition coefficient (Wildman–Crippen LogP) is 2.14. The quantitative estimate of drug-likeness (QED) is 0.602. The Balaban J connectivity index is 1.99. The number of fused-ring (bicyclic) bond motifs is 3. The third kappa shape index (κ3) is 3.10. The summed E-state index contributed by atoms with van der Waals surface area (Å²) in [5, 5.41) is 0.572. The van der Waals surface area contributed by atoms with Crippen LogP contribution in [0.15, 0.2) is 68.7 Å². The molecule has 2 aromatic rings. The summed E-state index contributed by atoms with van der Waals surface area (Å²) >= 11 is 0. The lowest BCUT2D eigenvalue weighted by atomic mass is 9.80. The third-order valence-electron chi connectivity index (χ3n) is 5.30. The Morgan fingerprint density at radius 1 is 1.10 bits per heavy atom. The zero-order valence-corrected chi connectivity index (χ0v) is 16.7. The van der Waals surface area contributed by atoms with Crippen molar-refractivity contribution in [2.24, 2.45) is 5.73 Å². The van der Waals surface area contributed by atoms with Gasteiger partial charge >= 0.3 is 11.6 Å². The van der Waals surface area contributed by atoms with Crippen LogP contribution in [0, 0.1) is 0 Å². The fraction of sp³-hybridized carbons (Fsp3) is 0.273. The number of hydrogen-bond acceptors (Lipinski definition) is 8. The molecule has 4 rings (SSSR count). The van der Waals surface area contributed by atoms with E-state index in [1.54, 1.807) is 56.7 Å². The maximum Gasteiger partial charge on any atom is 0.344 e. The molecule has 0 saturated carbocycles. The van der Waals surface area contributed by atoms with E-state index in [9.17, 15) is 9.59 Å². The summed E-state index contributed by atoms with van der Waals surface area (Å²) in [4.78, 5) is 25.6. The van der Waals surface area contributed by atoms with Crippen molar-refractivity contribution in [1.82, 2.24) is 0 Å². The molecule has 0 spiro atoms. The zero-order chi connectivity index (χ0) is 21.4. The van der Waals surface area contributed by atoms with E-state index in [4.69, 9.17) is 29.1 Å². The van der Waals surface area contributed by atoms with Crippen LogP contribution in [0.5, 0.6) is 5.75 Å². The second kappa shape index (κ2) is 7.81. The molecule has 2 heterocycles. The summed E-state index contributed by atoms with van der Waals surface area (Å²) in [7, 11) is 4.36. The van der Waals surface area contributed by atoms with Gasteiger partial charge in [0.05, 0.1) is 24.0 Å². The molecule has 1 aliphatic heterocycles. The smallest absolute Gasteiger partial charge is 0.344 e. The molecular weight excluding hydrogens is 390 g/mol. The van der Waals surface area contributed by atoms with Gasteiger partial charge in [-0.25, -0.2) is 9.59 Å². The molecule has 0 radical (unpaired) electrons. The fourth-order valence-corrected chi connectivity index (χ4v) is 3.87. The van der Waals surface area contributed by atoms with Gasteiger partial charge in [-0.15, -0.1) is 0 Å². The van der Waals surface area contributed by atoms with Crippen molar-refractivity contribution in [3.05, 3.63) is 75.5 Å². The highest BCUT2D eigenvalue weighted by Crippen LogP contribution is 2.45. The molecule has 1 aliphatic carbocycles. The van der Waals surface area contributed by atoms with Crippen LogP contribution in [0.1, 0.15) is 11.5 Å². The molecule has 8 nitrogen and oxygen atoms in total. The van der Waals surface area contributed by atoms with Crippen molar-refractivity contribution in [3.63, 3.8) is 0 Å². The molecule has 3 atom stereocenters. The second-order valence-corrected chi connectivity index (χ2v) is 6.86. The summed E-state index contributed by atoms with van der Waals surface area (Å²) < 4.78 is 27.1. The molecule has 156 valence electrons. The normalized spacial score (nSPS) is 23.0. The zero-order valence-electron chi connectivity index (χ0n) is 16.7. The minimum Gasteiger partial charge on any atom is -0.465 e. The van der Waals surface area contributed by atoms with Crippen LogP contribution < -0.4 is 16.1 Å². The number of nitrogens with two attached hydrogens (primary N) is 1. The summed E-state index contributed by atoms with van der Waals surface area (Å²) in [5.41, 5.74) is 6.69. The first-order chi connectivity index (χ1) is 14.5. The number of hydrogen-bond donors (Lipinski definition) is 1. The van der Waals surface area contributed by atoms with Gasteiger partial charge < -0.3 is 29.1 Å². The number of carbonyl (C=O) groups is 1. The van der Waals surface area contributed by atoms with Crippen LogP contribution in [-0.2, 0) is 19.0 Å². The van der Waals surface area contributed by atoms with E-state index in [1.807, 2.05) is 0 Å². The molecule has 0 unspecified atom stereocenters. The maximum absolute atomic E-state index is 13.0. The van der Waals surface area contributed by atoms with Crippen LogP contribution >= 0.6 is 0 Å². The van der Waals surface area contributed by atoms with E-state index in [0.717, 1.165) is 0 Å². The fourth-order valence-electron chi connectivity index (χ4n) is 3.87. The highest BCUT2D eigenvalue weighted by Gasteiger charge is 2.40. The van der Waals surface area contributed by atoms with Gasteiger partial charge in [0.25, 0.3) is 0 Å². The van der Waals surface area contributed by atoms with Crippen molar-refractivity contribution in [2.75, 3.05) is 21.3 Å². The van der Waals surface area contributed by atoms with Crippen LogP contribution in [0.4, 0.5) is 0 Å². The molecular formula is C22H21NO7. The Morgan fingerprint density at radius 2 is 1.83 bits per heavy atom. The van der Waals surface area contributed by atoms with Gasteiger partial charge in [-0.05, 0) is 23.8 Å². The number of rotatable bonds is 4. The Kier molecular flexibility index (Phi) is 5.19. The molecule has 8 heteroatoms. The summed E-state index contributed by atoms with van der Waals surface area (Å²) in [6.07, 6.45) is 4.63. The number of carbonyl (C=O) groups excluding carboxylic acids is 1. The van der Waals surface area contributed by atoms with Crippen molar-refractivity contribution in [1.29, 1.82) is 0 Å². The molecule has 0 bridgehead atoms. The van der Waals surface area contributed by atoms with E-state index < -0.39 is 23.6 Å². The van der Waals surface area contributed by atoms with Crippen LogP contribution in [0.2, 0.25) is 0 Å². The Morgan fingerprint density at radius 3 is 2.53 bits per heavy atom. The third-order valence-corrected chi connectivity index (χ3v) is 5.30. The van der Waals surface area contributed by atoms with E-state index in [0.29, 0.717) is 16.5 Å². The minimum atomic E-state index is -0.853. The monoisotopic (exact) mass is 411 g/mol. The highest BCUT2D eigenvalue weighted by molar-refractivity contribution is 5.94. The average molecular weight is 411 g/mol. The predicted molar refractivity (Wildman–Crippen MR) is 108 cm³/mol. The maximum atomic E-state index is 13.0. The summed E-state index contributed by atoms with van der Waals surface area (Å²) in [6, 6.07) is 6.96. The van der Waals surface area contributed by atoms with Crippen molar-refractivity contribution in [3.8, 4) is 5.75 Å². The minimum absolute atomic E-state index is 0.0224. The highest BCUT2D eigenvalue weighted by atomic mass is 16.5. The summed E-state index contributed by atoms with van der Waals surface area (Å²) in [6.45, 7) is 0. The first-order valence-corrected chi connectivity index (χ1v) is 9.27. The van der Waals surface area contributed by atoms with E-state index >= 15 is 0 Å². The molecule has 0 amide bonds. The topological polar surface area (TPSA) is 110 Å². The molecule has 30 heavy (non-hydrogen) atoms. The standard InChI is InChI=1S/C22H21NO7/c1-26-14-9-8-11(10-15(14)27-2)16-17-19(30-20(23)18(16)21(24)28-3)12-6-4-5-7-13(12)29-22(17)25/h4-10,14-16H,23H2,1-3H3/t14-,15-,16+/m0/s1. The molecule has 0 saturated heterocycles. The summed E-state index contributed by atoms with van der Waals surface area (Å²) in [5.74, 6) is -1.43. The number of benzene rings is 1. The lowest BCUT2D eigenvalue weighted by molar-refractivity contribution is -0.136. The van der Waals surface area contributed by atoms with Crippen LogP contribution in [0.3, 0.4) is 0 Å². The number of para-hydroxylation sites is 1. The van der Waals surface area contributed by atoms with Gasteiger partial charge in [0.2, 0.25) is 5.88 Å². The van der Waals surface area contributed by atoms with Crippen molar-refractivity contribution >= 4 is 16.9 Å². The lowest BCUT2D eigenvalue weighted by Gasteiger charge is -2.31. The lowest BCUT2D eigenvalue weighted by Crippen LogP contribution is -2.34. The molecule has 1 aromatic carbocycles. The SMILES string of the molecule is COC(=O)C1=C(N)Oc2c(c(=O)oc3ccccc23)[C@H]1C1=C[C@H](OC)[C@@H](OC)C=C1. The van der Waals surface area contributed by atoms with Gasteiger partial charge in [0.1, 0.15) is 23.4 Å². The molecule has 2 aliphatic rings. The first-order valence-electron chi connectivity index (χ1n) is 9.27. The van der Waals surface area contributed by atoms with Crippen molar-refractivity contribution < 1.29 is 28.2 Å². The Labute approximate surface area is 172 Å². The largest absolute Gasteiger partial charge is 0.465 e. The number of ether oxygens (including phenoxy) is 4. The van der Waals surface area contributed by atoms with Crippen LogP contribution in [0.25, 0.3) is 11.0 Å². The van der Waals surface area contributed by atoms with Gasteiger partial charge in [-0.2, -0.15) is 0 Å². The van der Waals surface area contributed by atoms with E-state index in [-0.39, 0.29) is 28.9 Å². The van der Waals surface area contributed by atoms with E-state index in [2.05, 4.69) is 0 Å². The van der Waals surface area contributed by atoms with Gasteiger partial charge in [-0.3, -0.25) is 0 Å². The number of methoxy groups -OCH3 is 3.